The summed E-state index contributed by atoms with van der Waals surface area (Å²) in [5, 5.41) is 4.32. The molecule has 0 aliphatic carbocycles. The third-order valence-corrected chi connectivity index (χ3v) is 10.2. The molecule has 0 aliphatic rings. The topological polar surface area (TPSA) is 0 Å². The average Bonchev–Trinajstić information content (AvgIpc) is 2.85. The van der Waals surface area contributed by atoms with Gasteiger partial charge in [0.25, 0.3) is 0 Å². The molecule has 0 heterocycles. The predicted octanol–water partition coefficient (Wildman–Crippen LogP) is 4.46. The average molecular weight is 509 g/mol. The summed E-state index contributed by atoms with van der Waals surface area (Å²) in [5.74, 6) is 0. The van der Waals surface area contributed by atoms with Gasteiger partial charge in [0.2, 0.25) is 0 Å². The van der Waals surface area contributed by atoms with Crippen molar-refractivity contribution in [1.29, 1.82) is 0 Å². The van der Waals surface area contributed by atoms with Gasteiger partial charge in [0, 0.05) is 6.42 Å². The maximum absolute atomic E-state index is 8.10. The van der Waals surface area contributed by atoms with E-state index in [4.69, 9.17) is 1.37 Å². The summed E-state index contributed by atoms with van der Waals surface area (Å²) in [7, 11) is -1.74. The van der Waals surface area contributed by atoms with E-state index in [0.717, 1.165) is 37.9 Å². The molecular formula is C30H36BrP. The zero-order chi connectivity index (χ0) is 22.5. The Morgan fingerprint density at radius 3 is 1.62 bits per heavy atom. The lowest BCUT2D eigenvalue weighted by Gasteiger charge is -2.27. The van der Waals surface area contributed by atoms with Crippen LogP contribution in [-0.4, -0.2) is 6.16 Å². The van der Waals surface area contributed by atoms with Gasteiger partial charge in [-0.2, -0.15) is 0 Å². The number of allylic oxidation sites excluding steroid dienone is 4. The van der Waals surface area contributed by atoms with Crippen molar-refractivity contribution in [3.63, 3.8) is 0 Å². The summed E-state index contributed by atoms with van der Waals surface area (Å²) < 4.78 is 8.10. The van der Waals surface area contributed by atoms with Gasteiger partial charge in [0.05, 0.1) is 7.53 Å². The molecule has 0 N–H and O–H groups in total. The first-order chi connectivity index (χ1) is 15.8. The largest absolute Gasteiger partial charge is 1.00 e. The van der Waals surface area contributed by atoms with Crippen molar-refractivity contribution in [2.24, 2.45) is 0 Å². The maximum atomic E-state index is 8.10. The summed E-state index contributed by atoms with van der Waals surface area (Å²) in [6.07, 6.45) is 14.1. The second-order valence-corrected chi connectivity index (χ2v) is 11.5. The molecule has 0 aromatic heterocycles. The van der Waals surface area contributed by atoms with Gasteiger partial charge in [-0.15, -0.1) is 0 Å². The van der Waals surface area contributed by atoms with Crippen molar-refractivity contribution in [3.8, 4) is 0 Å². The van der Waals surface area contributed by atoms with Crippen molar-refractivity contribution in [2.75, 3.05) is 6.16 Å². The van der Waals surface area contributed by atoms with Crippen molar-refractivity contribution in [3.05, 3.63) is 115 Å². The molecule has 3 aromatic rings. The zero-order valence-corrected chi connectivity index (χ0v) is 21.6. The normalized spacial score (nSPS) is 12.4. The lowest BCUT2D eigenvalue weighted by molar-refractivity contribution is -0.00000619. The van der Waals surface area contributed by atoms with Crippen molar-refractivity contribution < 1.29 is 18.4 Å². The Morgan fingerprint density at radius 2 is 1.16 bits per heavy atom. The molecule has 168 valence electrons. The fourth-order valence-electron chi connectivity index (χ4n) is 4.09. The summed E-state index contributed by atoms with van der Waals surface area (Å²) in [6, 6.07) is 34.0. The van der Waals surface area contributed by atoms with Crippen LogP contribution in [0.4, 0.5) is 0 Å². The molecule has 0 aliphatic heterocycles. The third-order valence-electron chi connectivity index (χ3n) is 5.71. The van der Waals surface area contributed by atoms with E-state index in [1.807, 2.05) is 0 Å². The first-order valence-corrected chi connectivity index (χ1v) is 13.6. The van der Waals surface area contributed by atoms with Gasteiger partial charge < -0.3 is 17.0 Å². The van der Waals surface area contributed by atoms with E-state index in [0.29, 0.717) is 0 Å². The van der Waals surface area contributed by atoms with E-state index in [2.05, 4.69) is 116 Å². The molecule has 0 radical (unpaired) electrons. The van der Waals surface area contributed by atoms with E-state index in [9.17, 15) is 0 Å². The minimum absolute atomic E-state index is 0. The van der Waals surface area contributed by atoms with Crippen molar-refractivity contribution in [1.82, 2.24) is 0 Å². The lowest BCUT2D eigenvalue weighted by atomic mass is 10.2. The molecule has 0 spiro atoms. The predicted molar refractivity (Wildman–Crippen MR) is 142 cm³/mol. The van der Waals surface area contributed by atoms with Crippen LogP contribution < -0.4 is 32.9 Å². The zero-order valence-electron chi connectivity index (χ0n) is 20.2. The highest BCUT2D eigenvalue weighted by Gasteiger charge is 2.44. The minimum atomic E-state index is -1.74. The molecule has 3 aromatic carbocycles. The fraction of sp³-hybridized carbons (Fsp3) is 0.267. The molecule has 0 bridgehead atoms. The highest BCUT2D eigenvalue weighted by atomic mass is 79.9. The fourth-order valence-corrected chi connectivity index (χ4v) is 8.34. The van der Waals surface area contributed by atoms with E-state index in [-0.39, 0.29) is 17.0 Å². The number of benzene rings is 3. The van der Waals surface area contributed by atoms with Crippen LogP contribution in [0.3, 0.4) is 0 Å². The van der Waals surface area contributed by atoms with Gasteiger partial charge in [-0.3, -0.25) is 0 Å². The highest BCUT2D eigenvalue weighted by molar-refractivity contribution is 7.95. The highest BCUT2D eigenvalue weighted by Crippen LogP contribution is 2.55. The number of halogens is 1. The summed E-state index contributed by atoms with van der Waals surface area (Å²) in [4.78, 5) is 0. The molecule has 32 heavy (non-hydrogen) atoms. The van der Waals surface area contributed by atoms with Gasteiger partial charge in [-0.25, -0.2) is 0 Å². The van der Waals surface area contributed by atoms with Crippen LogP contribution in [-0.2, 0) is 0 Å². The Hall–Kier alpha value is -1.95. The summed E-state index contributed by atoms with van der Waals surface area (Å²) in [5.41, 5.74) is 0. The quantitative estimate of drug-likeness (QED) is 0.193. The number of hydrogen-bond donors (Lipinski definition) is 0. The summed E-state index contributed by atoms with van der Waals surface area (Å²) in [6.45, 7) is 2.21. The second-order valence-electron chi connectivity index (χ2n) is 7.90. The molecule has 0 fully saturated rings. The monoisotopic (exact) mass is 507 g/mol. The van der Waals surface area contributed by atoms with Crippen LogP contribution in [0.1, 0.15) is 46.8 Å². The van der Waals surface area contributed by atoms with Gasteiger partial charge in [0.1, 0.15) is 23.2 Å². The van der Waals surface area contributed by atoms with E-state index in [1.165, 1.54) is 28.8 Å². The van der Waals surface area contributed by atoms with Crippen molar-refractivity contribution in [2.45, 2.75) is 45.4 Å². The molecule has 0 atom stereocenters. The molecule has 3 rings (SSSR count). The molecule has 2 heteroatoms. The number of unbranched alkanes of at least 4 members (excludes halogenated alkanes) is 2. The van der Waals surface area contributed by atoms with Gasteiger partial charge in [-0.05, 0) is 55.7 Å². The Balaban J connectivity index is 0.00000385. The van der Waals surface area contributed by atoms with E-state index < -0.39 is 7.26 Å². The Bertz CT molecular complexity index is 871. The molecule has 0 saturated carbocycles. The second kappa shape index (κ2) is 15.0. The van der Waals surface area contributed by atoms with Gasteiger partial charge >= 0.3 is 0 Å². The van der Waals surface area contributed by atoms with Gasteiger partial charge in [-0.1, -0.05) is 98.6 Å². The maximum Gasteiger partial charge on any atom is 0.112 e. The number of rotatable bonds is 12. The molecule has 0 saturated heterocycles. The van der Waals surface area contributed by atoms with Crippen LogP contribution in [0.5, 0.6) is 0 Å². The summed E-state index contributed by atoms with van der Waals surface area (Å²) >= 11 is 0. The first-order valence-electron chi connectivity index (χ1n) is 12.1. The number of hydrogen-bond acceptors (Lipinski definition) is 0. The van der Waals surface area contributed by atoms with E-state index >= 15 is 0 Å². The lowest BCUT2D eigenvalue weighted by Crippen LogP contribution is -3.00. The molecule has 0 amide bonds. The smallest absolute Gasteiger partial charge is 0.112 e. The Morgan fingerprint density at radius 1 is 0.656 bits per heavy atom. The Kier molecular flexibility index (Phi) is 11.6. The van der Waals surface area contributed by atoms with Crippen LogP contribution in [0.2, 0.25) is 0 Å². The van der Waals surface area contributed by atoms with E-state index in [1.54, 1.807) is 0 Å². The molecule has 0 nitrogen and oxygen atoms in total. The van der Waals surface area contributed by atoms with Crippen LogP contribution in [0, 0.1) is 0 Å². The molecular weight excluding hydrogens is 471 g/mol. The van der Waals surface area contributed by atoms with Crippen LogP contribution in [0.15, 0.2) is 115 Å². The van der Waals surface area contributed by atoms with Gasteiger partial charge in [0.15, 0.2) is 0 Å². The Labute approximate surface area is 208 Å². The first kappa shape index (κ1) is 24.7. The minimum Gasteiger partial charge on any atom is -1.00 e. The third kappa shape index (κ3) is 7.29. The SMILES string of the molecule is [2H]/C(=C/C/C=C\CC[P+](c1ccccc1)(c1ccccc1)c1ccccc1)CCCCC.[Br-]. The van der Waals surface area contributed by atoms with Crippen molar-refractivity contribution >= 4 is 23.2 Å². The van der Waals surface area contributed by atoms with Crippen LogP contribution >= 0.6 is 7.26 Å². The molecule has 0 unspecified atom stereocenters. The van der Waals surface area contributed by atoms with Crippen LogP contribution in [0.25, 0.3) is 0 Å². The standard InChI is InChI=1S/C30H36P.BrH/c1-2-3-4-5-6-7-8-9-10-20-27-31(28-21-14-11-15-22-28,29-23-16-12-17-24-29)30-25-18-13-19-26-30;/h6-7,9-19,21-26H,2-5,8,20,27H2,1H3;1H/q+1;/p-1/b7-6-,10-9-;/i6D;.